The minimum absolute atomic E-state index is 0.413. The van der Waals surface area contributed by atoms with Crippen LogP contribution in [0.15, 0.2) is 0 Å². The molecular formula is C15H27N3S. The molecule has 0 radical (unpaired) electrons. The average Bonchev–Trinajstić information content (AvgIpc) is 2.70. The number of aryl methyl sites for hydroxylation is 1. The highest BCUT2D eigenvalue weighted by molar-refractivity contribution is 7.15. The maximum atomic E-state index is 4.81. The van der Waals surface area contributed by atoms with Gasteiger partial charge in [-0.25, -0.2) is 4.98 Å². The lowest BCUT2D eigenvalue weighted by Crippen LogP contribution is -2.38. The van der Waals surface area contributed by atoms with Crippen molar-refractivity contribution in [1.82, 2.24) is 10.3 Å². The summed E-state index contributed by atoms with van der Waals surface area (Å²) in [5.41, 5.74) is 1.19. The van der Waals surface area contributed by atoms with Crippen molar-refractivity contribution in [2.75, 3.05) is 24.5 Å². The van der Waals surface area contributed by atoms with E-state index in [0.29, 0.717) is 6.04 Å². The number of nitrogens with zero attached hydrogens (tertiary/aromatic N) is 2. The number of rotatable bonds is 4. The summed E-state index contributed by atoms with van der Waals surface area (Å²) in [7, 11) is 0. The Balaban J connectivity index is 2.15. The molecule has 1 aliphatic rings. The first kappa shape index (κ1) is 14.8. The van der Waals surface area contributed by atoms with Gasteiger partial charge in [0.2, 0.25) is 0 Å². The molecular weight excluding hydrogens is 254 g/mol. The van der Waals surface area contributed by atoms with Gasteiger partial charge in [-0.2, -0.15) is 0 Å². The molecule has 19 heavy (non-hydrogen) atoms. The van der Waals surface area contributed by atoms with Gasteiger partial charge in [0.1, 0.15) is 0 Å². The lowest BCUT2D eigenvalue weighted by Gasteiger charge is -2.34. The number of thiazole rings is 1. The zero-order valence-corrected chi connectivity index (χ0v) is 13.7. The molecule has 2 heterocycles. The van der Waals surface area contributed by atoms with Gasteiger partial charge in [-0.05, 0) is 38.6 Å². The molecule has 1 aromatic heterocycles. The summed E-state index contributed by atoms with van der Waals surface area (Å²) in [6.07, 6.45) is 1.35. The zero-order chi connectivity index (χ0) is 14.0. The third kappa shape index (κ3) is 3.48. The molecule has 108 valence electrons. The summed E-state index contributed by atoms with van der Waals surface area (Å²) in [5.74, 6) is 1.56. The molecule has 3 unspecified atom stereocenters. The third-order valence-electron chi connectivity index (χ3n) is 3.86. The average molecular weight is 281 g/mol. The summed E-state index contributed by atoms with van der Waals surface area (Å²) in [4.78, 5) is 8.69. The molecule has 1 N–H and O–H groups in total. The number of nitrogens with one attached hydrogen (secondary N) is 1. The predicted molar refractivity (Wildman–Crippen MR) is 84.1 cm³/mol. The Morgan fingerprint density at radius 3 is 2.58 bits per heavy atom. The first-order chi connectivity index (χ1) is 9.01. The van der Waals surface area contributed by atoms with Crippen LogP contribution in [0.3, 0.4) is 0 Å². The van der Waals surface area contributed by atoms with E-state index in [1.54, 1.807) is 0 Å². The molecule has 3 nitrogen and oxygen atoms in total. The van der Waals surface area contributed by atoms with Crippen molar-refractivity contribution in [3.05, 3.63) is 10.6 Å². The summed E-state index contributed by atoms with van der Waals surface area (Å²) < 4.78 is 0. The number of hydrogen-bond donors (Lipinski definition) is 1. The van der Waals surface area contributed by atoms with Crippen LogP contribution in [0.25, 0.3) is 0 Å². The van der Waals surface area contributed by atoms with Gasteiger partial charge in [-0.15, -0.1) is 11.3 Å². The molecule has 0 aromatic carbocycles. The first-order valence-corrected chi connectivity index (χ1v) is 8.28. The van der Waals surface area contributed by atoms with E-state index in [-0.39, 0.29) is 0 Å². The minimum Gasteiger partial charge on any atom is -0.348 e. The highest BCUT2D eigenvalue weighted by Gasteiger charge is 2.25. The van der Waals surface area contributed by atoms with Crippen LogP contribution < -0.4 is 10.2 Å². The topological polar surface area (TPSA) is 28.2 Å². The van der Waals surface area contributed by atoms with Crippen LogP contribution in [0, 0.1) is 18.8 Å². The predicted octanol–water partition coefficient (Wildman–Crippen LogP) is 3.60. The summed E-state index contributed by atoms with van der Waals surface area (Å²) in [5, 5.41) is 4.71. The summed E-state index contributed by atoms with van der Waals surface area (Å²) >= 11 is 1.87. The van der Waals surface area contributed by atoms with Gasteiger partial charge in [0.15, 0.2) is 5.13 Å². The SMILES string of the molecule is CCNC(C)c1sc(N2CC(C)CC(C)C2)nc1C. The Morgan fingerprint density at radius 1 is 1.37 bits per heavy atom. The van der Waals surface area contributed by atoms with Gasteiger partial charge in [0, 0.05) is 24.0 Å². The van der Waals surface area contributed by atoms with Crippen molar-refractivity contribution < 1.29 is 0 Å². The number of anilines is 1. The van der Waals surface area contributed by atoms with E-state index in [4.69, 9.17) is 4.98 Å². The van der Waals surface area contributed by atoms with Crippen molar-refractivity contribution in [2.24, 2.45) is 11.8 Å². The Kier molecular flexibility index (Phi) is 4.85. The molecule has 0 spiro atoms. The molecule has 0 aliphatic carbocycles. The third-order valence-corrected chi connectivity index (χ3v) is 5.27. The van der Waals surface area contributed by atoms with Crippen LogP contribution in [0.1, 0.15) is 50.7 Å². The fourth-order valence-electron chi connectivity index (χ4n) is 3.15. The quantitative estimate of drug-likeness (QED) is 0.914. The van der Waals surface area contributed by atoms with Gasteiger partial charge in [0.25, 0.3) is 0 Å². The van der Waals surface area contributed by atoms with E-state index in [2.05, 4.69) is 44.8 Å². The summed E-state index contributed by atoms with van der Waals surface area (Å²) in [6.45, 7) is 14.6. The van der Waals surface area contributed by atoms with Crippen LogP contribution in [-0.2, 0) is 0 Å². The second kappa shape index (κ2) is 6.23. The van der Waals surface area contributed by atoms with Crippen LogP contribution in [0.4, 0.5) is 5.13 Å². The Labute approximate surface area is 121 Å². The zero-order valence-electron chi connectivity index (χ0n) is 12.9. The van der Waals surface area contributed by atoms with Crippen LogP contribution in [-0.4, -0.2) is 24.6 Å². The Bertz CT molecular complexity index is 406. The van der Waals surface area contributed by atoms with Gasteiger partial charge < -0.3 is 10.2 Å². The number of aromatic nitrogens is 1. The lowest BCUT2D eigenvalue weighted by molar-refractivity contribution is 0.356. The maximum Gasteiger partial charge on any atom is 0.185 e. The second-order valence-electron chi connectivity index (χ2n) is 6.08. The molecule has 0 amide bonds. The molecule has 2 rings (SSSR count). The first-order valence-electron chi connectivity index (χ1n) is 7.46. The van der Waals surface area contributed by atoms with Gasteiger partial charge >= 0.3 is 0 Å². The van der Waals surface area contributed by atoms with Gasteiger partial charge in [-0.1, -0.05) is 20.8 Å². The van der Waals surface area contributed by atoms with E-state index in [0.717, 1.165) is 31.5 Å². The largest absolute Gasteiger partial charge is 0.348 e. The van der Waals surface area contributed by atoms with Gasteiger partial charge in [-0.3, -0.25) is 0 Å². The fourth-order valence-corrected chi connectivity index (χ4v) is 4.26. The lowest BCUT2D eigenvalue weighted by atomic mass is 9.92. The van der Waals surface area contributed by atoms with Crippen molar-refractivity contribution >= 4 is 16.5 Å². The van der Waals surface area contributed by atoms with E-state index in [1.165, 1.54) is 22.1 Å². The van der Waals surface area contributed by atoms with Crippen molar-refractivity contribution in [2.45, 2.75) is 47.1 Å². The van der Waals surface area contributed by atoms with E-state index < -0.39 is 0 Å². The fraction of sp³-hybridized carbons (Fsp3) is 0.800. The highest BCUT2D eigenvalue weighted by atomic mass is 32.1. The molecule has 4 heteroatoms. The van der Waals surface area contributed by atoms with E-state index in [1.807, 2.05) is 11.3 Å². The van der Waals surface area contributed by atoms with Crippen molar-refractivity contribution in [3.63, 3.8) is 0 Å². The monoisotopic (exact) mass is 281 g/mol. The Morgan fingerprint density at radius 2 is 2.00 bits per heavy atom. The molecule has 0 bridgehead atoms. The van der Waals surface area contributed by atoms with E-state index >= 15 is 0 Å². The normalized spacial score (nSPS) is 25.6. The van der Waals surface area contributed by atoms with E-state index in [9.17, 15) is 0 Å². The molecule has 1 aliphatic heterocycles. The maximum absolute atomic E-state index is 4.81. The molecule has 0 saturated carbocycles. The standard InChI is InChI=1S/C15H27N3S/c1-6-16-12(4)14-13(5)17-15(19-14)18-8-10(2)7-11(3)9-18/h10-12,16H,6-9H2,1-5H3. The number of piperidine rings is 1. The summed E-state index contributed by atoms with van der Waals surface area (Å²) in [6, 6.07) is 0.413. The van der Waals surface area contributed by atoms with Crippen molar-refractivity contribution in [3.8, 4) is 0 Å². The van der Waals surface area contributed by atoms with Crippen LogP contribution in [0.5, 0.6) is 0 Å². The number of hydrogen-bond acceptors (Lipinski definition) is 4. The van der Waals surface area contributed by atoms with Crippen LogP contribution in [0.2, 0.25) is 0 Å². The second-order valence-corrected chi connectivity index (χ2v) is 7.09. The molecule has 1 aromatic rings. The minimum atomic E-state index is 0.413. The highest BCUT2D eigenvalue weighted by Crippen LogP contribution is 2.33. The van der Waals surface area contributed by atoms with Gasteiger partial charge in [0.05, 0.1) is 5.69 Å². The smallest absolute Gasteiger partial charge is 0.185 e. The molecule has 1 saturated heterocycles. The van der Waals surface area contributed by atoms with Crippen molar-refractivity contribution in [1.29, 1.82) is 0 Å². The molecule has 1 fully saturated rings. The molecule has 3 atom stereocenters. The van der Waals surface area contributed by atoms with Crippen LogP contribution >= 0.6 is 11.3 Å². The Hall–Kier alpha value is -0.610.